The maximum Gasteiger partial charge on any atom is 0.148 e. The molecule has 3 rings (SSSR count). The Balaban J connectivity index is 1.52. The quantitative estimate of drug-likeness (QED) is 0.759. The zero-order chi connectivity index (χ0) is 10.3. The summed E-state index contributed by atoms with van der Waals surface area (Å²) in [5, 5.41) is 14.9. The Kier molecular flexibility index (Phi) is 2.09. The van der Waals surface area contributed by atoms with Gasteiger partial charge in [-0.05, 0) is 49.9 Å². The van der Waals surface area contributed by atoms with Crippen molar-refractivity contribution in [3.63, 3.8) is 0 Å². The molecule has 4 nitrogen and oxygen atoms in total. The first kappa shape index (κ1) is 9.09. The zero-order valence-electron chi connectivity index (χ0n) is 8.90. The van der Waals surface area contributed by atoms with Crippen LogP contribution >= 0.6 is 0 Å². The van der Waals surface area contributed by atoms with Gasteiger partial charge in [-0.1, -0.05) is 0 Å². The number of aromatic nitrogens is 2. The number of rotatable bonds is 3. The summed E-state index contributed by atoms with van der Waals surface area (Å²) < 4.78 is 0. The van der Waals surface area contributed by atoms with E-state index in [1.807, 2.05) is 19.1 Å². The number of fused-ring (bicyclic) bond motifs is 1. The van der Waals surface area contributed by atoms with Crippen LogP contribution in [0, 0.1) is 24.7 Å². The molecule has 1 saturated carbocycles. The second-order valence-corrected chi connectivity index (χ2v) is 4.59. The van der Waals surface area contributed by atoms with Gasteiger partial charge in [-0.25, -0.2) is 0 Å². The van der Waals surface area contributed by atoms with Crippen LogP contribution in [0.4, 0.5) is 5.82 Å². The summed E-state index contributed by atoms with van der Waals surface area (Å²) in [4.78, 5) is 0. The first-order valence-electron chi connectivity index (χ1n) is 5.59. The number of aryl methyl sites for hydroxylation is 1. The van der Waals surface area contributed by atoms with Crippen LogP contribution < -0.4 is 10.6 Å². The van der Waals surface area contributed by atoms with Gasteiger partial charge in [-0.3, -0.25) is 0 Å². The summed E-state index contributed by atoms with van der Waals surface area (Å²) in [7, 11) is 0. The summed E-state index contributed by atoms with van der Waals surface area (Å²) in [6, 6.07) is 3.99. The van der Waals surface area contributed by atoms with Gasteiger partial charge >= 0.3 is 0 Å². The van der Waals surface area contributed by atoms with Gasteiger partial charge < -0.3 is 10.6 Å². The van der Waals surface area contributed by atoms with Crippen LogP contribution in [0.25, 0.3) is 0 Å². The fourth-order valence-electron chi connectivity index (χ4n) is 2.56. The van der Waals surface area contributed by atoms with Crippen molar-refractivity contribution >= 4 is 5.82 Å². The molecule has 0 radical (unpaired) electrons. The van der Waals surface area contributed by atoms with E-state index in [9.17, 15) is 0 Å². The van der Waals surface area contributed by atoms with Crippen molar-refractivity contribution in [2.24, 2.45) is 17.8 Å². The highest BCUT2D eigenvalue weighted by atomic mass is 15.2. The molecule has 1 saturated heterocycles. The Labute approximate surface area is 89.5 Å². The lowest BCUT2D eigenvalue weighted by molar-refractivity contribution is 0.614. The molecule has 1 aromatic heterocycles. The maximum absolute atomic E-state index is 4.10. The first-order chi connectivity index (χ1) is 7.34. The number of piperidine rings is 1. The number of hydrogen-bond donors (Lipinski definition) is 2. The molecule has 2 N–H and O–H groups in total. The molecular weight excluding hydrogens is 188 g/mol. The minimum Gasteiger partial charge on any atom is -0.368 e. The molecule has 2 unspecified atom stereocenters. The second-order valence-electron chi connectivity index (χ2n) is 4.59. The van der Waals surface area contributed by atoms with Crippen molar-refractivity contribution in [2.45, 2.75) is 6.92 Å². The molecule has 4 heteroatoms. The zero-order valence-corrected chi connectivity index (χ0v) is 8.90. The van der Waals surface area contributed by atoms with E-state index in [4.69, 9.17) is 0 Å². The predicted octanol–water partition coefficient (Wildman–Crippen LogP) is 0.662. The maximum atomic E-state index is 4.10. The largest absolute Gasteiger partial charge is 0.368 e. The molecule has 1 aliphatic carbocycles. The third kappa shape index (κ3) is 1.69. The third-order valence-electron chi connectivity index (χ3n) is 3.59. The van der Waals surface area contributed by atoms with Gasteiger partial charge in [0.15, 0.2) is 0 Å². The summed E-state index contributed by atoms with van der Waals surface area (Å²) >= 11 is 0. The fraction of sp³-hybridized carbons (Fsp3) is 0.636. The summed E-state index contributed by atoms with van der Waals surface area (Å²) in [6.45, 7) is 5.41. The van der Waals surface area contributed by atoms with Crippen molar-refractivity contribution in [3.8, 4) is 0 Å². The van der Waals surface area contributed by atoms with Crippen LogP contribution in [-0.2, 0) is 0 Å². The molecule has 0 aromatic carbocycles. The van der Waals surface area contributed by atoms with E-state index >= 15 is 0 Å². The van der Waals surface area contributed by atoms with Gasteiger partial charge in [0.1, 0.15) is 5.82 Å². The monoisotopic (exact) mass is 204 g/mol. The van der Waals surface area contributed by atoms with Crippen LogP contribution in [0.5, 0.6) is 0 Å². The van der Waals surface area contributed by atoms with Gasteiger partial charge in [0.25, 0.3) is 0 Å². The van der Waals surface area contributed by atoms with Crippen LogP contribution in [0.15, 0.2) is 12.1 Å². The highest BCUT2D eigenvalue weighted by Crippen LogP contribution is 2.48. The number of nitrogens with zero attached hydrogens (tertiary/aromatic N) is 2. The van der Waals surface area contributed by atoms with Crippen LogP contribution in [-0.4, -0.2) is 29.8 Å². The van der Waals surface area contributed by atoms with E-state index in [0.29, 0.717) is 0 Å². The summed E-state index contributed by atoms with van der Waals surface area (Å²) in [5.41, 5.74) is 0.966. The first-order valence-corrected chi connectivity index (χ1v) is 5.59. The van der Waals surface area contributed by atoms with Gasteiger partial charge in [-0.15, -0.1) is 5.10 Å². The molecule has 2 fully saturated rings. The fourth-order valence-corrected chi connectivity index (χ4v) is 2.56. The normalized spacial score (nSPS) is 32.5. The smallest absolute Gasteiger partial charge is 0.148 e. The molecule has 2 atom stereocenters. The SMILES string of the molecule is Cc1ccc(NCC2C3CNCC32)nn1. The Bertz CT molecular complexity index is 338. The van der Waals surface area contributed by atoms with Crippen LogP contribution in [0.2, 0.25) is 0 Å². The molecule has 0 amide bonds. The van der Waals surface area contributed by atoms with Crippen molar-refractivity contribution in [3.05, 3.63) is 17.8 Å². The molecule has 2 heterocycles. The van der Waals surface area contributed by atoms with Crippen molar-refractivity contribution in [1.29, 1.82) is 0 Å². The molecule has 1 aliphatic heterocycles. The molecule has 15 heavy (non-hydrogen) atoms. The van der Waals surface area contributed by atoms with Gasteiger partial charge in [0.05, 0.1) is 5.69 Å². The van der Waals surface area contributed by atoms with Crippen molar-refractivity contribution in [1.82, 2.24) is 15.5 Å². The van der Waals surface area contributed by atoms with E-state index in [1.165, 1.54) is 13.1 Å². The van der Waals surface area contributed by atoms with Crippen LogP contribution in [0.3, 0.4) is 0 Å². The van der Waals surface area contributed by atoms with Crippen molar-refractivity contribution in [2.75, 3.05) is 25.0 Å². The molecule has 2 aliphatic rings. The minimum absolute atomic E-state index is 0.856. The number of hydrogen-bond acceptors (Lipinski definition) is 4. The van der Waals surface area contributed by atoms with Crippen LogP contribution in [0.1, 0.15) is 5.69 Å². The average molecular weight is 204 g/mol. The van der Waals surface area contributed by atoms with Gasteiger partial charge in [-0.2, -0.15) is 5.10 Å². The highest BCUT2D eigenvalue weighted by molar-refractivity contribution is 5.33. The van der Waals surface area contributed by atoms with E-state index in [2.05, 4.69) is 20.8 Å². The lowest BCUT2D eigenvalue weighted by Gasteiger charge is -2.06. The summed E-state index contributed by atoms with van der Waals surface area (Å²) in [5.74, 6) is 3.58. The Morgan fingerprint density at radius 1 is 1.33 bits per heavy atom. The second kappa shape index (κ2) is 3.45. The van der Waals surface area contributed by atoms with Gasteiger partial charge in [0, 0.05) is 6.54 Å². The molecule has 80 valence electrons. The van der Waals surface area contributed by atoms with Crippen molar-refractivity contribution < 1.29 is 0 Å². The number of nitrogens with one attached hydrogen (secondary N) is 2. The number of anilines is 1. The minimum atomic E-state index is 0.856. The highest BCUT2D eigenvalue weighted by Gasteiger charge is 2.52. The average Bonchev–Trinajstić information content (AvgIpc) is 2.71. The molecule has 1 aromatic rings. The molecule has 0 bridgehead atoms. The third-order valence-corrected chi connectivity index (χ3v) is 3.59. The molecule has 0 spiro atoms. The summed E-state index contributed by atoms with van der Waals surface area (Å²) in [6.07, 6.45) is 0. The molecular formula is C11H16N4. The van der Waals surface area contributed by atoms with E-state index in [1.54, 1.807) is 0 Å². The standard InChI is InChI=1S/C11H16N4/c1-7-2-3-11(15-14-7)13-6-10-8-4-12-5-9(8)10/h2-3,8-10,12H,4-6H2,1H3,(H,13,15). The topological polar surface area (TPSA) is 49.8 Å². The Morgan fingerprint density at radius 3 is 2.80 bits per heavy atom. The van der Waals surface area contributed by atoms with E-state index in [0.717, 1.165) is 35.8 Å². The van der Waals surface area contributed by atoms with E-state index in [-0.39, 0.29) is 0 Å². The Morgan fingerprint density at radius 2 is 2.13 bits per heavy atom. The Hall–Kier alpha value is -1.16. The lowest BCUT2D eigenvalue weighted by Crippen LogP contribution is -2.18. The predicted molar refractivity (Wildman–Crippen MR) is 58.6 cm³/mol. The van der Waals surface area contributed by atoms with E-state index < -0.39 is 0 Å². The lowest BCUT2D eigenvalue weighted by atomic mass is 10.3. The van der Waals surface area contributed by atoms with Gasteiger partial charge in [0.2, 0.25) is 0 Å².